The Bertz CT molecular complexity index is 515. The number of nitrogens with one attached hydrogen (secondary N) is 1. The number of hydrogen-bond acceptors (Lipinski definition) is 3. The van der Waals surface area contributed by atoms with Gasteiger partial charge in [-0.25, -0.2) is 0 Å². The number of carbonyl (C=O) groups is 1. The molecule has 0 saturated carbocycles. The van der Waals surface area contributed by atoms with Gasteiger partial charge in [0.05, 0.1) is 6.54 Å². The Balaban J connectivity index is 2.79. The van der Waals surface area contributed by atoms with Crippen LogP contribution in [0, 0.1) is 18.8 Å². The zero-order chi connectivity index (χ0) is 15.0. The first-order chi connectivity index (χ1) is 9.56. The molecular weight excluding hydrogens is 252 g/mol. The second-order valence-electron chi connectivity index (χ2n) is 4.75. The average Bonchev–Trinajstić information content (AvgIpc) is 2.42. The van der Waals surface area contributed by atoms with Crippen LogP contribution in [0.25, 0.3) is 0 Å². The second kappa shape index (κ2) is 8.36. The number of methoxy groups -OCH3 is 1. The Morgan fingerprint density at radius 3 is 2.85 bits per heavy atom. The standard InChI is InChI=1S/C16H22N2O2/c1-12-9-14(5-4-7-17)11-15(10-12)16(19)18-13(2)6-8-20-3/h9-11,13H,6-8,17H2,1-3H3,(H,18,19). The molecule has 1 aromatic rings. The van der Waals surface area contributed by atoms with E-state index in [1.165, 1.54) is 0 Å². The Morgan fingerprint density at radius 2 is 2.20 bits per heavy atom. The number of ether oxygens (including phenoxy) is 1. The van der Waals surface area contributed by atoms with Gasteiger partial charge in [-0.1, -0.05) is 11.8 Å². The van der Waals surface area contributed by atoms with Crippen LogP contribution in [0.2, 0.25) is 0 Å². The lowest BCUT2D eigenvalue weighted by Crippen LogP contribution is -2.33. The van der Waals surface area contributed by atoms with Gasteiger partial charge in [-0.3, -0.25) is 4.79 Å². The fourth-order valence-electron chi connectivity index (χ4n) is 1.81. The number of benzene rings is 1. The predicted molar refractivity (Wildman–Crippen MR) is 80.5 cm³/mol. The minimum absolute atomic E-state index is 0.0709. The molecule has 0 aliphatic carbocycles. The van der Waals surface area contributed by atoms with Crippen molar-refractivity contribution in [3.8, 4) is 11.8 Å². The van der Waals surface area contributed by atoms with Gasteiger partial charge in [0, 0.05) is 30.9 Å². The molecule has 0 aliphatic rings. The summed E-state index contributed by atoms with van der Waals surface area (Å²) in [6.07, 6.45) is 0.786. The van der Waals surface area contributed by atoms with Crippen molar-refractivity contribution in [2.75, 3.05) is 20.3 Å². The molecule has 4 nitrogen and oxygen atoms in total. The first-order valence-corrected chi connectivity index (χ1v) is 6.67. The highest BCUT2D eigenvalue weighted by Gasteiger charge is 2.10. The molecule has 0 saturated heterocycles. The summed E-state index contributed by atoms with van der Waals surface area (Å²) < 4.78 is 5.00. The van der Waals surface area contributed by atoms with Crippen molar-refractivity contribution in [3.05, 3.63) is 34.9 Å². The molecule has 0 heterocycles. The number of aryl methyl sites for hydroxylation is 1. The van der Waals surface area contributed by atoms with E-state index < -0.39 is 0 Å². The van der Waals surface area contributed by atoms with Crippen LogP contribution in [0.3, 0.4) is 0 Å². The van der Waals surface area contributed by atoms with Crippen molar-refractivity contribution in [1.29, 1.82) is 0 Å². The molecule has 0 aromatic heterocycles. The summed E-state index contributed by atoms with van der Waals surface area (Å²) in [5.74, 6) is 5.66. The number of hydrogen-bond donors (Lipinski definition) is 2. The third-order valence-electron chi connectivity index (χ3n) is 2.81. The molecule has 0 bridgehead atoms. The van der Waals surface area contributed by atoms with Gasteiger partial charge in [0.1, 0.15) is 0 Å². The predicted octanol–water partition coefficient (Wildman–Crippen LogP) is 1.46. The summed E-state index contributed by atoms with van der Waals surface area (Å²) in [6.45, 7) is 4.84. The monoisotopic (exact) mass is 274 g/mol. The Kier molecular flexibility index (Phi) is 6.78. The SMILES string of the molecule is COCCC(C)NC(=O)c1cc(C)cc(C#CCN)c1. The third kappa shape index (κ3) is 5.43. The maximum absolute atomic E-state index is 12.2. The molecule has 0 radical (unpaired) electrons. The van der Waals surface area contributed by atoms with Gasteiger partial charge in [-0.15, -0.1) is 0 Å². The first-order valence-electron chi connectivity index (χ1n) is 6.67. The Hall–Kier alpha value is -1.83. The van der Waals surface area contributed by atoms with E-state index in [9.17, 15) is 4.79 Å². The molecule has 1 rings (SSSR count). The van der Waals surface area contributed by atoms with Crippen molar-refractivity contribution in [2.45, 2.75) is 26.3 Å². The van der Waals surface area contributed by atoms with Gasteiger partial charge in [-0.2, -0.15) is 0 Å². The van der Waals surface area contributed by atoms with Gasteiger partial charge >= 0.3 is 0 Å². The van der Waals surface area contributed by atoms with E-state index in [4.69, 9.17) is 10.5 Å². The van der Waals surface area contributed by atoms with E-state index in [2.05, 4.69) is 17.2 Å². The lowest BCUT2D eigenvalue weighted by Gasteiger charge is -2.13. The highest BCUT2D eigenvalue weighted by Crippen LogP contribution is 2.09. The van der Waals surface area contributed by atoms with Crippen LogP contribution < -0.4 is 11.1 Å². The van der Waals surface area contributed by atoms with Crippen LogP contribution >= 0.6 is 0 Å². The summed E-state index contributed by atoms with van der Waals surface area (Å²) in [6, 6.07) is 5.65. The molecule has 3 N–H and O–H groups in total. The molecule has 20 heavy (non-hydrogen) atoms. The Morgan fingerprint density at radius 1 is 1.45 bits per heavy atom. The second-order valence-corrected chi connectivity index (χ2v) is 4.75. The van der Waals surface area contributed by atoms with Gasteiger partial charge in [-0.05, 0) is 44.0 Å². The van der Waals surface area contributed by atoms with Crippen molar-refractivity contribution in [2.24, 2.45) is 5.73 Å². The largest absolute Gasteiger partial charge is 0.385 e. The highest BCUT2D eigenvalue weighted by atomic mass is 16.5. The Labute approximate surface area is 120 Å². The fourth-order valence-corrected chi connectivity index (χ4v) is 1.81. The molecule has 108 valence electrons. The lowest BCUT2D eigenvalue weighted by atomic mass is 10.1. The molecule has 0 fully saturated rings. The van der Waals surface area contributed by atoms with Crippen molar-refractivity contribution in [1.82, 2.24) is 5.32 Å². The number of rotatable bonds is 5. The maximum Gasteiger partial charge on any atom is 0.251 e. The number of nitrogens with two attached hydrogens (primary N) is 1. The molecular formula is C16H22N2O2. The average molecular weight is 274 g/mol. The molecule has 0 aliphatic heterocycles. The molecule has 1 atom stereocenters. The highest BCUT2D eigenvalue weighted by molar-refractivity contribution is 5.95. The zero-order valence-electron chi connectivity index (χ0n) is 12.3. The van der Waals surface area contributed by atoms with Gasteiger partial charge < -0.3 is 15.8 Å². The summed E-state index contributed by atoms with van der Waals surface area (Å²) in [5, 5.41) is 2.95. The third-order valence-corrected chi connectivity index (χ3v) is 2.81. The van der Waals surface area contributed by atoms with Gasteiger partial charge in [0.2, 0.25) is 0 Å². The van der Waals surface area contributed by atoms with Crippen LogP contribution in [-0.4, -0.2) is 32.2 Å². The van der Waals surface area contributed by atoms with Gasteiger partial charge in [0.15, 0.2) is 0 Å². The van der Waals surface area contributed by atoms with Crippen LogP contribution in [0.4, 0.5) is 0 Å². The van der Waals surface area contributed by atoms with Crippen LogP contribution in [0.1, 0.15) is 34.8 Å². The fraction of sp³-hybridized carbons (Fsp3) is 0.438. The number of carbonyl (C=O) groups excluding carboxylic acids is 1. The molecule has 1 unspecified atom stereocenters. The minimum atomic E-state index is -0.0897. The molecule has 1 amide bonds. The molecule has 1 aromatic carbocycles. The van der Waals surface area contributed by atoms with E-state index >= 15 is 0 Å². The van der Waals surface area contributed by atoms with E-state index in [1.54, 1.807) is 13.2 Å². The minimum Gasteiger partial charge on any atom is -0.385 e. The van der Waals surface area contributed by atoms with Crippen LogP contribution in [0.15, 0.2) is 18.2 Å². The van der Waals surface area contributed by atoms with Crippen molar-refractivity contribution < 1.29 is 9.53 Å². The van der Waals surface area contributed by atoms with Crippen LogP contribution in [0.5, 0.6) is 0 Å². The summed E-state index contributed by atoms with van der Waals surface area (Å²) in [4.78, 5) is 12.2. The number of amides is 1. The normalized spacial score (nSPS) is 11.4. The van der Waals surface area contributed by atoms with E-state index in [-0.39, 0.29) is 11.9 Å². The summed E-state index contributed by atoms with van der Waals surface area (Å²) in [5.41, 5.74) is 7.79. The lowest BCUT2D eigenvalue weighted by molar-refractivity contribution is 0.0929. The maximum atomic E-state index is 12.2. The van der Waals surface area contributed by atoms with Crippen molar-refractivity contribution in [3.63, 3.8) is 0 Å². The van der Waals surface area contributed by atoms with E-state index in [0.717, 1.165) is 17.5 Å². The van der Waals surface area contributed by atoms with Crippen LogP contribution in [-0.2, 0) is 4.74 Å². The summed E-state index contributed by atoms with van der Waals surface area (Å²) in [7, 11) is 1.65. The topological polar surface area (TPSA) is 64.3 Å². The molecule has 0 spiro atoms. The first kappa shape index (κ1) is 16.2. The zero-order valence-corrected chi connectivity index (χ0v) is 12.3. The van der Waals surface area contributed by atoms with E-state index in [0.29, 0.717) is 18.7 Å². The quantitative estimate of drug-likeness (QED) is 0.799. The van der Waals surface area contributed by atoms with Gasteiger partial charge in [0.25, 0.3) is 5.91 Å². The van der Waals surface area contributed by atoms with E-state index in [1.807, 2.05) is 26.0 Å². The molecule has 4 heteroatoms. The summed E-state index contributed by atoms with van der Waals surface area (Å²) >= 11 is 0. The smallest absolute Gasteiger partial charge is 0.251 e. The van der Waals surface area contributed by atoms with Crippen molar-refractivity contribution >= 4 is 5.91 Å².